The molecule has 0 aliphatic heterocycles. The van der Waals surface area contributed by atoms with Gasteiger partial charge in [0.05, 0.1) is 6.21 Å². The van der Waals surface area contributed by atoms with E-state index in [1.54, 1.807) is 6.21 Å². The van der Waals surface area contributed by atoms with Gasteiger partial charge in [-0.3, -0.25) is 5.43 Å². The molecule has 0 fully saturated rings. The largest absolute Gasteiger partial charge is 0.357 e. The highest BCUT2D eigenvalue weighted by molar-refractivity contribution is 7.80. The number of benzene rings is 1. The molecule has 92 valence electrons. The van der Waals surface area contributed by atoms with Crippen LogP contribution in [0.4, 0.5) is 0 Å². The smallest absolute Gasteiger partial charge is 0.187 e. The van der Waals surface area contributed by atoms with E-state index in [-0.39, 0.29) is 5.54 Å². The first kappa shape index (κ1) is 13.9. The summed E-state index contributed by atoms with van der Waals surface area (Å²) in [6, 6.07) is 7.47. The van der Waals surface area contributed by atoms with Crippen LogP contribution in [0.3, 0.4) is 0 Å². The van der Waals surface area contributed by atoms with Crippen LogP contribution >= 0.6 is 23.8 Å². The molecule has 0 atom stereocenters. The molecule has 0 unspecified atom stereocenters. The van der Waals surface area contributed by atoms with Crippen molar-refractivity contribution in [3.8, 4) is 0 Å². The summed E-state index contributed by atoms with van der Waals surface area (Å²) < 4.78 is 0. The van der Waals surface area contributed by atoms with Gasteiger partial charge >= 0.3 is 0 Å². The average molecular weight is 270 g/mol. The van der Waals surface area contributed by atoms with Crippen molar-refractivity contribution >= 4 is 35.1 Å². The zero-order valence-corrected chi connectivity index (χ0v) is 11.7. The van der Waals surface area contributed by atoms with Gasteiger partial charge in [0.15, 0.2) is 5.11 Å². The van der Waals surface area contributed by atoms with Crippen LogP contribution in [-0.4, -0.2) is 16.9 Å². The molecule has 0 radical (unpaired) electrons. The van der Waals surface area contributed by atoms with Gasteiger partial charge in [-0.2, -0.15) is 5.10 Å². The molecule has 3 nitrogen and oxygen atoms in total. The molecule has 0 aliphatic rings. The van der Waals surface area contributed by atoms with Crippen LogP contribution < -0.4 is 10.7 Å². The molecule has 0 heterocycles. The van der Waals surface area contributed by atoms with Crippen molar-refractivity contribution < 1.29 is 0 Å². The molecule has 0 aromatic heterocycles. The molecule has 1 aromatic carbocycles. The Morgan fingerprint density at radius 3 is 2.59 bits per heavy atom. The Labute approximate surface area is 112 Å². The van der Waals surface area contributed by atoms with E-state index in [9.17, 15) is 0 Å². The molecule has 0 amide bonds. The fraction of sp³-hybridized carbons (Fsp3) is 0.333. The van der Waals surface area contributed by atoms with Gasteiger partial charge in [-0.05, 0) is 39.1 Å². The molecule has 2 N–H and O–H groups in total. The van der Waals surface area contributed by atoms with Gasteiger partial charge < -0.3 is 5.32 Å². The molecule has 0 bridgehead atoms. The number of halogens is 1. The number of thiocarbonyl (C=S) groups is 1. The minimum Gasteiger partial charge on any atom is -0.357 e. The number of hydrogen-bond donors (Lipinski definition) is 2. The van der Waals surface area contributed by atoms with E-state index in [0.717, 1.165) is 5.56 Å². The predicted molar refractivity (Wildman–Crippen MR) is 77.7 cm³/mol. The molecular formula is C12H16ClN3S. The van der Waals surface area contributed by atoms with Crippen LogP contribution in [0.5, 0.6) is 0 Å². The zero-order valence-electron chi connectivity index (χ0n) is 10.1. The van der Waals surface area contributed by atoms with Gasteiger partial charge in [0.25, 0.3) is 0 Å². The van der Waals surface area contributed by atoms with E-state index in [2.05, 4.69) is 15.8 Å². The van der Waals surface area contributed by atoms with Crippen molar-refractivity contribution in [1.82, 2.24) is 10.7 Å². The quantitative estimate of drug-likeness (QED) is 0.492. The standard InChI is InChI=1S/C12H16ClN3S/c1-12(2,3)15-11(17)16-14-8-9-6-4-5-7-10(9)13/h4-8H,1-3H3,(H2,15,16,17)/b14-8+. The highest BCUT2D eigenvalue weighted by Gasteiger charge is 2.09. The second-order valence-electron chi connectivity index (χ2n) is 4.60. The van der Waals surface area contributed by atoms with Crippen LogP contribution in [0.2, 0.25) is 5.02 Å². The fourth-order valence-electron chi connectivity index (χ4n) is 1.11. The van der Waals surface area contributed by atoms with Crippen LogP contribution in [0.1, 0.15) is 26.3 Å². The van der Waals surface area contributed by atoms with Crippen molar-refractivity contribution in [3.05, 3.63) is 34.9 Å². The Morgan fingerprint density at radius 2 is 2.00 bits per heavy atom. The van der Waals surface area contributed by atoms with Gasteiger partial charge in [0.1, 0.15) is 0 Å². The maximum absolute atomic E-state index is 5.98. The lowest BCUT2D eigenvalue weighted by Gasteiger charge is -2.21. The summed E-state index contributed by atoms with van der Waals surface area (Å²) in [6.07, 6.45) is 1.64. The van der Waals surface area contributed by atoms with Crippen LogP contribution in [0, 0.1) is 0 Å². The van der Waals surface area contributed by atoms with Crippen molar-refractivity contribution in [1.29, 1.82) is 0 Å². The lowest BCUT2D eigenvalue weighted by atomic mass is 10.1. The zero-order chi connectivity index (χ0) is 12.9. The summed E-state index contributed by atoms with van der Waals surface area (Å²) in [5.41, 5.74) is 3.51. The predicted octanol–water partition coefficient (Wildman–Crippen LogP) is 2.94. The van der Waals surface area contributed by atoms with E-state index >= 15 is 0 Å². The van der Waals surface area contributed by atoms with Crippen LogP contribution in [0.25, 0.3) is 0 Å². The lowest BCUT2D eigenvalue weighted by Crippen LogP contribution is -2.44. The number of rotatable bonds is 2. The Morgan fingerprint density at radius 1 is 1.35 bits per heavy atom. The second-order valence-corrected chi connectivity index (χ2v) is 5.41. The van der Waals surface area contributed by atoms with E-state index in [0.29, 0.717) is 10.1 Å². The molecule has 1 aromatic rings. The Hall–Kier alpha value is -1.13. The normalized spacial score (nSPS) is 11.5. The minimum absolute atomic E-state index is 0.0794. The summed E-state index contributed by atoms with van der Waals surface area (Å²) in [7, 11) is 0. The summed E-state index contributed by atoms with van der Waals surface area (Å²) in [5, 5.41) is 8.26. The Balaban J connectivity index is 2.51. The third-order valence-corrected chi connectivity index (χ3v) is 2.30. The SMILES string of the molecule is CC(C)(C)NC(=S)N/N=C/c1ccccc1Cl. The Kier molecular flexibility index (Phi) is 4.90. The van der Waals surface area contributed by atoms with E-state index in [4.69, 9.17) is 23.8 Å². The third kappa shape index (κ3) is 5.65. The summed E-state index contributed by atoms with van der Waals surface area (Å²) in [5.74, 6) is 0. The van der Waals surface area contributed by atoms with Crippen molar-refractivity contribution in [2.75, 3.05) is 0 Å². The number of hydrogen-bond acceptors (Lipinski definition) is 2. The number of nitrogens with zero attached hydrogens (tertiary/aromatic N) is 1. The summed E-state index contributed by atoms with van der Waals surface area (Å²) in [6.45, 7) is 6.08. The summed E-state index contributed by atoms with van der Waals surface area (Å²) in [4.78, 5) is 0. The third-order valence-electron chi connectivity index (χ3n) is 1.76. The number of hydrazone groups is 1. The Bertz CT molecular complexity index is 424. The first-order chi connectivity index (χ1) is 7.88. The minimum atomic E-state index is -0.0794. The van der Waals surface area contributed by atoms with Crippen molar-refractivity contribution in [3.63, 3.8) is 0 Å². The first-order valence-corrected chi connectivity index (χ1v) is 6.03. The molecule has 0 aliphatic carbocycles. The molecule has 0 saturated heterocycles. The summed E-state index contributed by atoms with van der Waals surface area (Å²) >= 11 is 11.1. The lowest BCUT2D eigenvalue weighted by molar-refractivity contribution is 0.508. The van der Waals surface area contributed by atoms with Crippen molar-refractivity contribution in [2.24, 2.45) is 5.10 Å². The fourth-order valence-corrected chi connectivity index (χ4v) is 1.65. The topological polar surface area (TPSA) is 36.4 Å². The van der Waals surface area contributed by atoms with Gasteiger partial charge in [-0.15, -0.1) is 0 Å². The molecule has 0 saturated carbocycles. The van der Waals surface area contributed by atoms with Gasteiger partial charge in [-0.1, -0.05) is 29.8 Å². The van der Waals surface area contributed by atoms with Crippen LogP contribution in [-0.2, 0) is 0 Å². The second kappa shape index (κ2) is 5.98. The average Bonchev–Trinajstić information content (AvgIpc) is 2.18. The van der Waals surface area contributed by atoms with Gasteiger partial charge in [-0.25, -0.2) is 0 Å². The number of nitrogens with one attached hydrogen (secondary N) is 2. The monoisotopic (exact) mass is 269 g/mol. The molecule has 5 heteroatoms. The maximum Gasteiger partial charge on any atom is 0.187 e. The van der Waals surface area contributed by atoms with Gasteiger partial charge in [0, 0.05) is 16.1 Å². The van der Waals surface area contributed by atoms with E-state index < -0.39 is 0 Å². The van der Waals surface area contributed by atoms with Gasteiger partial charge in [0.2, 0.25) is 0 Å². The molecule has 0 spiro atoms. The van der Waals surface area contributed by atoms with E-state index in [1.807, 2.05) is 45.0 Å². The highest BCUT2D eigenvalue weighted by atomic mass is 35.5. The first-order valence-electron chi connectivity index (χ1n) is 5.24. The highest BCUT2D eigenvalue weighted by Crippen LogP contribution is 2.11. The maximum atomic E-state index is 5.98. The molecular weight excluding hydrogens is 254 g/mol. The molecule has 1 rings (SSSR count). The van der Waals surface area contributed by atoms with Crippen molar-refractivity contribution in [2.45, 2.75) is 26.3 Å². The van der Waals surface area contributed by atoms with Crippen LogP contribution in [0.15, 0.2) is 29.4 Å². The van der Waals surface area contributed by atoms with E-state index in [1.165, 1.54) is 0 Å². The molecule has 17 heavy (non-hydrogen) atoms.